The van der Waals surface area contributed by atoms with Crippen molar-refractivity contribution in [3.63, 3.8) is 0 Å². The second kappa shape index (κ2) is 8.17. The van der Waals surface area contributed by atoms with Gasteiger partial charge in [0.2, 0.25) is 0 Å². The van der Waals surface area contributed by atoms with Crippen molar-refractivity contribution >= 4 is 11.7 Å². The third-order valence-corrected chi connectivity index (χ3v) is 5.51. The van der Waals surface area contributed by atoms with Gasteiger partial charge in [0.05, 0.1) is 6.10 Å². The fraction of sp³-hybridized carbons (Fsp3) is 0.700. The fourth-order valence-corrected chi connectivity index (χ4v) is 4.02. The number of carbonyl (C=O) groups is 1. The van der Waals surface area contributed by atoms with Crippen molar-refractivity contribution in [3.8, 4) is 0 Å². The molecule has 0 aromatic carbocycles. The van der Waals surface area contributed by atoms with E-state index in [1.165, 1.54) is 0 Å². The number of aromatic nitrogens is 1. The molecule has 0 aliphatic carbocycles. The van der Waals surface area contributed by atoms with Gasteiger partial charge in [0, 0.05) is 37.9 Å². The first-order valence-electron chi connectivity index (χ1n) is 9.73. The van der Waals surface area contributed by atoms with E-state index in [1.807, 2.05) is 17.0 Å². The molecule has 1 aromatic heterocycles. The Morgan fingerprint density at radius 1 is 1.24 bits per heavy atom. The molecule has 2 saturated heterocycles. The minimum absolute atomic E-state index is 0.128. The highest BCUT2D eigenvalue weighted by Gasteiger charge is 2.27. The highest BCUT2D eigenvalue weighted by molar-refractivity contribution is 5.95. The summed E-state index contributed by atoms with van der Waals surface area (Å²) in [6.07, 6.45) is 6.62. The number of nitrogens with zero attached hydrogens (tertiary/aromatic N) is 3. The molecule has 0 bridgehead atoms. The van der Waals surface area contributed by atoms with Crippen molar-refractivity contribution in [2.24, 2.45) is 11.8 Å². The molecule has 3 rings (SSSR count). The SMILES string of the molecule is CC(C)CC(O)C1CCN(c2cc(C(=O)N3CCCC3)ccn2)CC1. The number of aliphatic hydroxyl groups is 1. The van der Waals surface area contributed by atoms with Crippen molar-refractivity contribution in [1.82, 2.24) is 9.88 Å². The smallest absolute Gasteiger partial charge is 0.254 e. The van der Waals surface area contributed by atoms with E-state index >= 15 is 0 Å². The maximum atomic E-state index is 12.6. The second-order valence-electron chi connectivity index (χ2n) is 7.92. The zero-order valence-corrected chi connectivity index (χ0v) is 15.5. The summed E-state index contributed by atoms with van der Waals surface area (Å²) in [5.74, 6) is 1.93. The highest BCUT2D eigenvalue weighted by Crippen LogP contribution is 2.27. The number of carbonyl (C=O) groups excluding carboxylic acids is 1. The molecule has 0 spiro atoms. The zero-order valence-electron chi connectivity index (χ0n) is 15.5. The van der Waals surface area contributed by atoms with Gasteiger partial charge >= 0.3 is 0 Å². The maximum absolute atomic E-state index is 12.6. The molecule has 5 nitrogen and oxygen atoms in total. The second-order valence-corrected chi connectivity index (χ2v) is 7.92. The number of piperidine rings is 1. The van der Waals surface area contributed by atoms with Crippen LogP contribution in [0.2, 0.25) is 0 Å². The first-order valence-corrected chi connectivity index (χ1v) is 9.73. The topological polar surface area (TPSA) is 56.7 Å². The Morgan fingerprint density at radius 3 is 2.56 bits per heavy atom. The molecule has 0 saturated carbocycles. The van der Waals surface area contributed by atoms with Gasteiger partial charge < -0.3 is 14.9 Å². The van der Waals surface area contributed by atoms with Gasteiger partial charge in [-0.25, -0.2) is 4.98 Å². The van der Waals surface area contributed by atoms with Gasteiger partial charge in [-0.1, -0.05) is 13.8 Å². The number of hydrogen-bond donors (Lipinski definition) is 1. The molecule has 25 heavy (non-hydrogen) atoms. The van der Waals surface area contributed by atoms with Crippen molar-refractivity contribution < 1.29 is 9.90 Å². The van der Waals surface area contributed by atoms with Crippen LogP contribution in [-0.4, -0.2) is 53.2 Å². The van der Waals surface area contributed by atoms with Crippen molar-refractivity contribution in [2.45, 2.75) is 52.1 Å². The lowest BCUT2D eigenvalue weighted by Gasteiger charge is -2.35. The average Bonchev–Trinajstić information content (AvgIpc) is 3.15. The Kier molecular flexibility index (Phi) is 5.94. The number of rotatable bonds is 5. The largest absolute Gasteiger partial charge is 0.393 e. The van der Waals surface area contributed by atoms with E-state index in [0.29, 0.717) is 11.8 Å². The third-order valence-electron chi connectivity index (χ3n) is 5.51. The fourth-order valence-electron chi connectivity index (χ4n) is 4.02. The van der Waals surface area contributed by atoms with Crippen LogP contribution < -0.4 is 4.90 Å². The molecule has 2 aliphatic heterocycles. The average molecular weight is 345 g/mol. The zero-order chi connectivity index (χ0) is 17.8. The maximum Gasteiger partial charge on any atom is 0.254 e. The number of hydrogen-bond acceptors (Lipinski definition) is 4. The lowest BCUT2D eigenvalue weighted by atomic mass is 9.87. The normalized spacial score (nSPS) is 20.3. The van der Waals surface area contributed by atoms with Crippen LogP contribution >= 0.6 is 0 Å². The molecular formula is C20H31N3O2. The summed E-state index contributed by atoms with van der Waals surface area (Å²) in [7, 11) is 0. The minimum atomic E-state index is -0.196. The van der Waals surface area contributed by atoms with Crippen LogP contribution in [0.4, 0.5) is 5.82 Å². The van der Waals surface area contributed by atoms with Crippen molar-refractivity contribution in [3.05, 3.63) is 23.9 Å². The summed E-state index contributed by atoms with van der Waals surface area (Å²) < 4.78 is 0. The number of anilines is 1. The molecule has 3 heterocycles. The molecule has 0 radical (unpaired) electrons. The van der Waals surface area contributed by atoms with E-state index in [9.17, 15) is 9.90 Å². The van der Waals surface area contributed by atoms with Gasteiger partial charge in [-0.2, -0.15) is 0 Å². The van der Waals surface area contributed by atoms with Gasteiger partial charge in [0.25, 0.3) is 5.91 Å². The van der Waals surface area contributed by atoms with Crippen LogP contribution in [0.1, 0.15) is 56.3 Å². The first-order chi connectivity index (χ1) is 12.0. The van der Waals surface area contributed by atoms with Crippen LogP contribution in [0.15, 0.2) is 18.3 Å². The van der Waals surface area contributed by atoms with Crippen LogP contribution in [0, 0.1) is 11.8 Å². The summed E-state index contributed by atoms with van der Waals surface area (Å²) in [5, 5.41) is 10.4. The van der Waals surface area contributed by atoms with Gasteiger partial charge in [0.1, 0.15) is 5.82 Å². The van der Waals surface area contributed by atoms with Crippen LogP contribution in [0.3, 0.4) is 0 Å². The van der Waals surface area contributed by atoms with Crippen molar-refractivity contribution in [2.75, 3.05) is 31.1 Å². The van der Waals surface area contributed by atoms with E-state index < -0.39 is 0 Å². The number of amides is 1. The Hall–Kier alpha value is -1.62. The predicted molar refractivity (Wildman–Crippen MR) is 99.8 cm³/mol. The van der Waals surface area contributed by atoms with Crippen LogP contribution in [0.25, 0.3) is 0 Å². The predicted octanol–water partition coefficient (Wildman–Crippen LogP) is 2.94. The molecule has 1 unspecified atom stereocenters. The van der Waals surface area contributed by atoms with E-state index in [4.69, 9.17) is 0 Å². The monoisotopic (exact) mass is 345 g/mol. The summed E-state index contributed by atoms with van der Waals surface area (Å²) in [6, 6.07) is 3.76. The quantitative estimate of drug-likeness (QED) is 0.891. The molecule has 5 heteroatoms. The molecule has 1 aromatic rings. The third kappa shape index (κ3) is 4.51. The highest BCUT2D eigenvalue weighted by atomic mass is 16.3. The van der Waals surface area contributed by atoms with E-state index in [2.05, 4.69) is 23.7 Å². The Labute approximate surface area is 151 Å². The summed E-state index contributed by atoms with van der Waals surface area (Å²) in [5.41, 5.74) is 0.744. The number of aliphatic hydroxyl groups excluding tert-OH is 1. The molecule has 1 amide bonds. The molecule has 2 fully saturated rings. The molecule has 1 atom stereocenters. The summed E-state index contributed by atoms with van der Waals surface area (Å²) in [4.78, 5) is 21.2. The number of pyridine rings is 1. The number of likely N-dealkylation sites (tertiary alicyclic amines) is 1. The molecule has 1 N–H and O–H groups in total. The summed E-state index contributed by atoms with van der Waals surface area (Å²) in [6.45, 7) is 7.85. The van der Waals surface area contributed by atoms with E-state index in [0.717, 1.165) is 69.7 Å². The van der Waals surface area contributed by atoms with Gasteiger partial charge in [-0.15, -0.1) is 0 Å². The van der Waals surface area contributed by atoms with Crippen LogP contribution in [-0.2, 0) is 0 Å². The molecule has 138 valence electrons. The molecular weight excluding hydrogens is 314 g/mol. The minimum Gasteiger partial charge on any atom is -0.393 e. The van der Waals surface area contributed by atoms with Gasteiger partial charge in [0.15, 0.2) is 0 Å². The lowest BCUT2D eigenvalue weighted by Crippen LogP contribution is -2.38. The standard InChI is InChI=1S/C20H31N3O2/c1-15(2)13-18(24)16-6-11-22(12-7-16)19-14-17(5-8-21-19)20(25)23-9-3-4-10-23/h5,8,14-16,18,24H,3-4,6-7,9-13H2,1-2H3. The lowest BCUT2D eigenvalue weighted by molar-refractivity contribution is 0.0734. The van der Waals surface area contributed by atoms with E-state index in [1.54, 1.807) is 6.20 Å². The van der Waals surface area contributed by atoms with Crippen molar-refractivity contribution in [1.29, 1.82) is 0 Å². The first kappa shape index (κ1) is 18.2. The Balaban J connectivity index is 1.60. The van der Waals surface area contributed by atoms with Gasteiger partial charge in [-0.05, 0) is 56.1 Å². The van der Waals surface area contributed by atoms with E-state index in [-0.39, 0.29) is 12.0 Å². The van der Waals surface area contributed by atoms with Gasteiger partial charge in [-0.3, -0.25) is 4.79 Å². The van der Waals surface area contributed by atoms with Crippen LogP contribution in [0.5, 0.6) is 0 Å². The molecule has 2 aliphatic rings. The Bertz CT molecular complexity index is 576. The Morgan fingerprint density at radius 2 is 1.92 bits per heavy atom. The summed E-state index contributed by atoms with van der Waals surface area (Å²) >= 11 is 0.